The van der Waals surface area contributed by atoms with Gasteiger partial charge in [0.15, 0.2) is 0 Å². The number of rotatable bonds is 6. The van der Waals surface area contributed by atoms with Crippen molar-refractivity contribution in [3.05, 3.63) is 107 Å². The molecular weight excluding hydrogens is 440 g/mol. The van der Waals surface area contributed by atoms with E-state index in [0.717, 1.165) is 22.3 Å². The summed E-state index contributed by atoms with van der Waals surface area (Å²) in [5, 5.41) is 4.77. The smallest absolute Gasteiger partial charge is 0.258 e. The summed E-state index contributed by atoms with van der Waals surface area (Å²) in [7, 11) is 1.61. The van der Waals surface area contributed by atoms with E-state index in [1.54, 1.807) is 22.9 Å². The Labute approximate surface area is 203 Å². The number of amides is 2. The monoisotopic (exact) mass is 466 g/mol. The highest BCUT2D eigenvalue weighted by atomic mass is 16.5. The molecule has 0 fully saturated rings. The molecule has 0 radical (unpaired) electrons. The molecule has 0 bridgehead atoms. The molecule has 5 rings (SSSR count). The van der Waals surface area contributed by atoms with Gasteiger partial charge in [-0.1, -0.05) is 54.6 Å². The highest BCUT2D eigenvalue weighted by molar-refractivity contribution is 6.02. The molecule has 0 saturated heterocycles. The Kier molecular flexibility index (Phi) is 6.06. The van der Waals surface area contributed by atoms with Gasteiger partial charge in [0, 0.05) is 24.7 Å². The van der Waals surface area contributed by atoms with Gasteiger partial charge in [0.2, 0.25) is 5.91 Å². The first-order valence-electron chi connectivity index (χ1n) is 11.5. The molecule has 176 valence electrons. The van der Waals surface area contributed by atoms with Crippen molar-refractivity contribution in [1.82, 2.24) is 14.7 Å². The molecule has 7 heteroatoms. The lowest BCUT2D eigenvalue weighted by molar-refractivity contribution is -0.122. The lowest BCUT2D eigenvalue weighted by Gasteiger charge is -2.35. The van der Waals surface area contributed by atoms with Gasteiger partial charge in [0.25, 0.3) is 5.91 Å². The third-order valence-electron chi connectivity index (χ3n) is 6.38. The number of hydrogen-bond donors (Lipinski definition) is 1. The predicted octanol–water partition coefficient (Wildman–Crippen LogP) is 3.66. The van der Waals surface area contributed by atoms with Crippen LogP contribution < -0.4 is 10.5 Å². The Balaban J connectivity index is 1.56. The third-order valence-corrected chi connectivity index (χ3v) is 6.38. The fourth-order valence-electron chi connectivity index (χ4n) is 4.54. The Morgan fingerprint density at radius 2 is 1.66 bits per heavy atom. The van der Waals surface area contributed by atoms with Crippen LogP contribution in [0.4, 0.5) is 0 Å². The van der Waals surface area contributed by atoms with Crippen molar-refractivity contribution in [3.63, 3.8) is 0 Å². The number of carbonyl (C=O) groups excluding carboxylic acids is 2. The molecule has 7 nitrogen and oxygen atoms in total. The van der Waals surface area contributed by atoms with Gasteiger partial charge in [-0.2, -0.15) is 5.10 Å². The second-order valence-electron chi connectivity index (χ2n) is 8.63. The van der Waals surface area contributed by atoms with Gasteiger partial charge in [-0.05, 0) is 41.0 Å². The number of nitrogens with zero attached hydrogens (tertiary/aromatic N) is 3. The van der Waals surface area contributed by atoms with Gasteiger partial charge in [-0.15, -0.1) is 0 Å². The standard InChI is InChI=1S/C28H26N4O3/c1-35-23-13-11-20(12-14-23)26-24(18-31(30-26)16-19-7-3-2-4-8-19)28(34)32-17-22-10-6-5-9-21(22)15-25(32)27(29)33/h2-14,18,25H,15-17H2,1H3,(H2,29,33)/t25-/m0/s1. The van der Waals surface area contributed by atoms with Crippen molar-refractivity contribution in [2.45, 2.75) is 25.6 Å². The number of benzene rings is 3. The zero-order chi connectivity index (χ0) is 24.4. The minimum absolute atomic E-state index is 0.270. The van der Waals surface area contributed by atoms with Crippen molar-refractivity contribution in [2.75, 3.05) is 7.11 Å². The molecule has 35 heavy (non-hydrogen) atoms. The summed E-state index contributed by atoms with van der Waals surface area (Å²) in [6.07, 6.45) is 2.15. The van der Waals surface area contributed by atoms with E-state index in [1.165, 1.54) is 0 Å². The summed E-state index contributed by atoms with van der Waals surface area (Å²) in [5.41, 5.74) is 10.6. The summed E-state index contributed by atoms with van der Waals surface area (Å²) >= 11 is 0. The maximum atomic E-state index is 13.9. The Morgan fingerprint density at radius 1 is 0.971 bits per heavy atom. The summed E-state index contributed by atoms with van der Waals surface area (Å²) in [6.45, 7) is 0.827. The first kappa shape index (κ1) is 22.4. The summed E-state index contributed by atoms with van der Waals surface area (Å²) < 4.78 is 7.05. The van der Waals surface area contributed by atoms with Crippen LogP contribution in [0.5, 0.6) is 5.75 Å². The van der Waals surface area contributed by atoms with Gasteiger partial charge >= 0.3 is 0 Å². The Bertz CT molecular complexity index is 1360. The van der Waals surface area contributed by atoms with Crippen LogP contribution in [-0.4, -0.2) is 39.6 Å². The molecule has 1 aromatic heterocycles. The van der Waals surface area contributed by atoms with Crippen LogP contribution in [-0.2, 0) is 24.3 Å². The van der Waals surface area contributed by atoms with E-state index in [0.29, 0.717) is 36.5 Å². The zero-order valence-corrected chi connectivity index (χ0v) is 19.4. The SMILES string of the molecule is COc1ccc(-c2nn(Cc3ccccc3)cc2C(=O)N2Cc3ccccc3C[C@H]2C(N)=O)cc1. The van der Waals surface area contributed by atoms with Crippen molar-refractivity contribution < 1.29 is 14.3 Å². The average Bonchev–Trinajstić information content (AvgIpc) is 3.31. The normalized spacial score (nSPS) is 14.9. The van der Waals surface area contributed by atoms with E-state index < -0.39 is 11.9 Å². The summed E-state index contributed by atoms with van der Waals surface area (Å²) in [5.74, 6) is -0.0734. The fraction of sp³-hybridized carbons (Fsp3) is 0.179. The Morgan fingerprint density at radius 3 is 2.34 bits per heavy atom. The van der Waals surface area contributed by atoms with Crippen molar-refractivity contribution in [2.24, 2.45) is 5.73 Å². The number of ether oxygens (including phenoxy) is 1. The zero-order valence-electron chi connectivity index (χ0n) is 19.4. The minimum Gasteiger partial charge on any atom is -0.497 e. The molecular formula is C28H26N4O3. The molecule has 2 heterocycles. The van der Waals surface area contributed by atoms with Crippen molar-refractivity contribution in [3.8, 4) is 17.0 Å². The van der Waals surface area contributed by atoms with Gasteiger partial charge in [0.05, 0.1) is 19.2 Å². The molecule has 0 spiro atoms. The van der Waals surface area contributed by atoms with Crippen molar-refractivity contribution in [1.29, 1.82) is 0 Å². The van der Waals surface area contributed by atoms with Crippen LogP contribution in [0, 0.1) is 0 Å². The molecule has 2 N–H and O–H groups in total. The quantitative estimate of drug-likeness (QED) is 0.470. The van der Waals surface area contributed by atoms with Gasteiger partial charge in [0.1, 0.15) is 17.5 Å². The lowest BCUT2D eigenvalue weighted by Crippen LogP contribution is -2.51. The number of nitrogens with two attached hydrogens (primary N) is 1. The topological polar surface area (TPSA) is 90.5 Å². The van der Waals surface area contributed by atoms with Crippen LogP contribution in [0.2, 0.25) is 0 Å². The number of aromatic nitrogens is 2. The van der Waals surface area contributed by atoms with Crippen LogP contribution in [0.1, 0.15) is 27.0 Å². The largest absolute Gasteiger partial charge is 0.497 e. The van der Waals surface area contributed by atoms with E-state index in [4.69, 9.17) is 15.6 Å². The van der Waals surface area contributed by atoms with E-state index in [2.05, 4.69) is 0 Å². The highest BCUT2D eigenvalue weighted by Gasteiger charge is 2.35. The number of fused-ring (bicyclic) bond motifs is 1. The first-order chi connectivity index (χ1) is 17.0. The average molecular weight is 467 g/mol. The lowest BCUT2D eigenvalue weighted by atomic mass is 9.92. The van der Waals surface area contributed by atoms with Crippen molar-refractivity contribution >= 4 is 11.8 Å². The molecule has 1 aliphatic rings. The molecule has 4 aromatic rings. The molecule has 2 amide bonds. The minimum atomic E-state index is -0.724. The van der Waals surface area contributed by atoms with Gasteiger partial charge < -0.3 is 15.4 Å². The maximum absolute atomic E-state index is 13.9. The maximum Gasteiger partial charge on any atom is 0.258 e. The molecule has 3 aromatic carbocycles. The van der Waals surface area contributed by atoms with Crippen LogP contribution in [0.15, 0.2) is 85.1 Å². The van der Waals surface area contributed by atoms with E-state index >= 15 is 0 Å². The Hall–Kier alpha value is -4.39. The number of primary amides is 1. The summed E-state index contributed by atoms with van der Waals surface area (Å²) in [4.78, 5) is 27.9. The first-order valence-corrected chi connectivity index (χ1v) is 11.5. The number of carbonyl (C=O) groups is 2. The molecule has 0 saturated carbocycles. The van der Waals surface area contributed by atoms with Crippen LogP contribution >= 0.6 is 0 Å². The highest BCUT2D eigenvalue weighted by Crippen LogP contribution is 2.30. The number of methoxy groups -OCH3 is 1. The van der Waals surface area contributed by atoms with Crippen LogP contribution in [0.25, 0.3) is 11.3 Å². The van der Waals surface area contributed by atoms with Crippen LogP contribution in [0.3, 0.4) is 0 Å². The van der Waals surface area contributed by atoms with Gasteiger partial charge in [-0.25, -0.2) is 0 Å². The van der Waals surface area contributed by atoms with E-state index in [-0.39, 0.29) is 5.91 Å². The second-order valence-corrected chi connectivity index (χ2v) is 8.63. The molecule has 1 atom stereocenters. The molecule has 0 aliphatic carbocycles. The fourth-order valence-corrected chi connectivity index (χ4v) is 4.54. The molecule has 1 aliphatic heterocycles. The number of hydrogen-bond acceptors (Lipinski definition) is 4. The van der Waals surface area contributed by atoms with E-state index in [9.17, 15) is 9.59 Å². The molecule has 0 unspecified atom stereocenters. The summed E-state index contributed by atoms with van der Waals surface area (Å²) in [6, 6.07) is 24.5. The van der Waals surface area contributed by atoms with E-state index in [1.807, 2.05) is 78.9 Å². The second kappa shape index (κ2) is 9.46. The predicted molar refractivity (Wildman–Crippen MR) is 133 cm³/mol. The third kappa shape index (κ3) is 4.53. The van der Waals surface area contributed by atoms with Gasteiger partial charge in [-0.3, -0.25) is 14.3 Å².